The number of benzene rings is 3. The Hall–Kier alpha value is -4.88. The molecule has 0 aliphatic carbocycles. The third-order valence-electron chi connectivity index (χ3n) is 11.0. The second-order valence-corrected chi connectivity index (χ2v) is 13.9. The van der Waals surface area contributed by atoms with Gasteiger partial charge in [0.15, 0.2) is 0 Å². The standard InChI is InChI=1S/C39H45N7O3/c1-28-17-20-43(3)39(28,2)27-49-37-41-34-25-44(35-15-9-13-30-12-7-8-14-32(30)35)21-18-33(34)36(42-37)45-22-23-46(31(24-45)16-19-40)38(47)48-26-29-10-5-4-6-11-29/h4-15,28,31H,16-18,20-27H2,1-3H3/t28?,31?,39-/m1/s1. The first kappa shape index (κ1) is 32.7. The molecule has 49 heavy (non-hydrogen) atoms. The fraction of sp³-hybridized carbons (Fsp3) is 0.436. The number of hydrogen-bond acceptors (Lipinski definition) is 9. The van der Waals surface area contributed by atoms with E-state index in [0.717, 1.165) is 48.6 Å². The van der Waals surface area contributed by atoms with Gasteiger partial charge in [-0.05, 0) is 56.3 Å². The molecule has 2 unspecified atom stereocenters. The first-order valence-electron chi connectivity index (χ1n) is 17.4. The SMILES string of the molecule is CC1CCN(C)[C@]1(C)COc1nc2c(c(N3CCN(C(=O)OCc4ccccc4)C(CC#N)C3)n1)CCN(c1cccc3ccccc13)C2. The predicted octanol–water partition coefficient (Wildman–Crippen LogP) is 6.04. The Kier molecular flexibility index (Phi) is 9.28. The van der Waals surface area contributed by atoms with E-state index in [1.54, 1.807) is 4.90 Å². The van der Waals surface area contributed by atoms with E-state index in [4.69, 9.17) is 19.4 Å². The number of nitrogens with zero attached hydrogens (tertiary/aromatic N) is 7. The van der Waals surface area contributed by atoms with Crippen LogP contribution in [-0.2, 0) is 24.3 Å². The van der Waals surface area contributed by atoms with Gasteiger partial charge >= 0.3 is 12.1 Å². The van der Waals surface area contributed by atoms with Crippen molar-refractivity contribution in [2.45, 2.75) is 57.8 Å². The molecule has 4 heterocycles. The van der Waals surface area contributed by atoms with Gasteiger partial charge in [-0.1, -0.05) is 73.7 Å². The van der Waals surface area contributed by atoms with Gasteiger partial charge in [0.25, 0.3) is 0 Å². The smallest absolute Gasteiger partial charge is 0.410 e. The zero-order chi connectivity index (χ0) is 34.0. The quantitative estimate of drug-likeness (QED) is 0.224. The highest BCUT2D eigenvalue weighted by atomic mass is 16.6. The Bertz CT molecular complexity index is 1830. The largest absolute Gasteiger partial charge is 0.461 e. The van der Waals surface area contributed by atoms with Crippen LogP contribution in [-0.4, -0.2) is 83.8 Å². The van der Waals surface area contributed by atoms with Crippen LogP contribution in [0.1, 0.15) is 43.5 Å². The number of hydrogen-bond donors (Lipinski definition) is 0. The number of amides is 1. The Morgan fingerprint density at radius 3 is 2.57 bits per heavy atom. The monoisotopic (exact) mass is 659 g/mol. The fourth-order valence-corrected chi connectivity index (χ4v) is 7.57. The maximum absolute atomic E-state index is 13.3. The van der Waals surface area contributed by atoms with Crippen LogP contribution < -0.4 is 14.5 Å². The molecule has 4 aromatic rings. The summed E-state index contributed by atoms with van der Waals surface area (Å²) in [5.41, 5.74) is 4.07. The highest BCUT2D eigenvalue weighted by Gasteiger charge is 2.42. The van der Waals surface area contributed by atoms with E-state index < -0.39 is 6.09 Å². The van der Waals surface area contributed by atoms with Crippen LogP contribution in [0.4, 0.5) is 16.3 Å². The van der Waals surface area contributed by atoms with Crippen molar-refractivity contribution >= 4 is 28.4 Å². The Morgan fingerprint density at radius 2 is 1.78 bits per heavy atom. The van der Waals surface area contributed by atoms with Crippen molar-refractivity contribution in [3.63, 3.8) is 0 Å². The first-order chi connectivity index (χ1) is 23.8. The number of likely N-dealkylation sites (N-methyl/N-ethyl adjacent to an activating group) is 1. The van der Waals surface area contributed by atoms with Gasteiger partial charge in [-0.2, -0.15) is 15.2 Å². The van der Waals surface area contributed by atoms with E-state index in [0.29, 0.717) is 44.7 Å². The molecule has 10 heteroatoms. The molecule has 3 aromatic carbocycles. The minimum absolute atomic E-state index is 0.113. The summed E-state index contributed by atoms with van der Waals surface area (Å²) in [5, 5.41) is 12.2. The number of piperazine rings is 1. The lowest BCUT2D eigenvalue weighted by molar-refractivity contribution is 0.0762. The Balaban J connectivity index is 1.17. The van der Waals surface area contributed by atoms with Crippen LogP contribution in [0.5, 0.6) is 6.01 Å². The highest BCUT2D eigenvalue weighted by Crippen LogP contribution is 2.37. The van der Waals surface area contributed by atoms with Crippen molar-refractivity contribution < 1.29 is 14.3 Å². The van der Waals surface area contributed by atoms with Crippen LogP contribution in [0, 0.1) is 17.2 Å². The van der Waals surface area contributed by atoms with E-state index in [2.05, 4.69) is 84.1 Å². The molecule has 3 atom stereocenters. The van der Waals surface area contributed by atoms with E-state index in [1.165, 1.54) is 16.5 Å². The minimum Gasteiger partial charge on any atom is -0.461 e. The third-order valence-corrected chi connectivity index (χ3v) is 11.0. The van der Waals surface area contributed by atoms with Gasteiger partial charge in [0, 0.05) is 42.8 Å². The predicted molar refractivity (Wildman–Crippen MR) is 191 cm³/mol. The summed E-state index contributed by atoms with van der Waals surface area (Å²) >= 11 is 0. The normalized spacial score (nSPS) is 22.5. The van der Waals surface area contributed by atoms with Crippen molar-refractivity contribution in [1.29, 1.82) is 5.26 Å². The number of carbonyl (C=O) groups excluding carboxylic acids is 1. The molecule has 7 rings (SSSR count). The molecule has 0 N–H and O–H groups in total. The lowest BCUT2D eigenvalue weighted by Gasteiger charge is -2.42. The topological polar surface area (TPSA) is 98.1 Å². The van der Waals surface area contributed by atoms with Gasteiger partial charge < -0.3 is 24.2 Å². The van der Waals surface area contributed by atoms with E-state index in [1.807, 2.05) is 30.3 Å². The van der Waals surface area contributed by atoms with Crippen molar-refractivity contribution in [3.05, 3.63) is 89.6 Å². The lowest BCUT2D eigenvalue weighted by atomic mass is 9.89. The number of carbonyl (C=O) groups is 1. The maximum Gasteiger partial charge on any atom is 0.410 e. The number of likely N-dealkylation sites (tertiary alicyclic amines) is 1. The Labute approximate surface area is 288 Å². The zero-order valence-corrected chi connectivity index (χ0v) is 28.7. The number of ether oxygens (including phenoxy) is 2. The van der Waals surface area contributed by atoms with Crippen LogP contribution in [0.25, 0.3) is 10.8 Å². The molecule has 3 aliphatic heterocycles. The third kappa shape index (κ3) is 6.60. The maximum atomic E-state index is 13.3. The molecule has 0 radical (unpaired) electrons. The summed E-state index contributed by atoms with van der Waals surface area (Å²) in [6.07, 6.45) is 1.70. The molecule has 1 aromatic heterocycles. The summed E-state index contributed by atoms with van der Waals surface area (Å²) in [6, 6.07) is 27.0. The summed E-state index contributed by atoms with van der Waals surface area (Å²) in [5.74, 6) is 1.33. The van der Waals surface area contributed by atoms with Crippen molar-refractivity contribution in [3.8, 4) is 12.1 Å². The van der Waals surface area contributed by atoms with Crippen molar-refractivity contribution in [2.24, 2.45) is 5.92 Å². The highest BCUT2D eigenvalue weighted by molar-refractivity contribution is 5.94. The molecule has 1 amide bonds. The molecule has 3 aliphatic rings. The number of nitriles is 1. The molecular weight excluding hydrogens is 614 g/mol. The molecule has 0 saturated carbocycles. The van der Waals surface area contributed by atoms with Gasteiger partial charge in [0.05, 0.1) is 36.3 Å². The number of rotatable bonds is 8. The molecule has 254 valence electrons. The van der Waals surface area contributed by atoms with Gasteiger partial charge in [-0.3, -0.25) is 4.90 Å². The first-order valence-corrected chi connectivity index (χ1v) is 17.4. The summed E-state index contributed by atoms with van der Waals surface area (Å²) in [4.78, 5) is 32.1. The van der Waals surface area contributed by atoms with Crippen LogP contribution in [0.15, 0.2) is 72.8 Å². The van der Waals surface area contributed by atoms with Gasteiger partial charge in [0.1, 0.15) is 19.0 Å². The molecule has 0 spiro atoms. The van der Waals surface area contributed by atoms with Crippen LogP contribution >= 0.6 is 0 Å². The zero-order valence-electron chi connectivity index (χ0n) is 28.7. The average Bonchev–Trinajstić information content (AvgIpc) is 3.39. The van der Waals surface area contributed by atoms with Gasteiger partial charge in [-0.15, -0.1) is 0 Å². The van der Waals surface area contributed by atoms with E-state index >= 15 is 0 Å². The lowest BCUT2D eigenvalue weighted by Crippen LogP contribution is -2.55. The Morgan fingerprint density at radius 1 is 0.980 bits per heavy atom. The summed E-state index contributed by atoms with van der Waals surface area (Å²) < 4.78 is 12.2. The number of fused-ring (bicyclic) bond motifs is 2. The fourth-order valence-electron chi connectivity index (χ4n) is 7.57. The summed E-state index contributed by atoms with van der Waals surface area (Å²) in [7, 11) is 2.16. The molecule has 2 saturated heterocycles. The second kappa shape index (κ2) is 13.9. The van der Waals surface area contributed by atoms with Crippen molar-refractivity contribution in [2.75, 3.05) is 56.2 Å². The van der Waals surface area contributed by atoms with E-state index in [9.17, 15) is 10.1 Å². The molecular formula is C39H45N7O3. The van der Waals surface area contributed by atoms with Gasteiger partial charge in [-0.25, -0.2) is 4.79 Å². The molecule has 10 nitrogen and oxygen atoms in total. The molecule has 2 fully saturated rings. The number of anilines is 2. The van der Waals surface area contributed by atoms with Crippen LogP contribution in [0.3, 0.4) is 0 Å². The van der Waals surface area contributed by atoms with Crippen molar-refractivity contribution in [1.82, 2.24) is 19.8 Å². The molecule has 0 bridgehead atoms. The van der Waals surface area contributed by atoms with Gasteiger partial charge in [0.2, 0.25) is 0 Å². The summed E-state index contributed by atoms with van der Waals surface area (Å²) in [6.45, 7) is 9.20. The van der Waals surface area contributed by atoms with Crippen LogP contribution in [0.2, 0.25) is 0 Å². The second-order valence-electron chi connectivity index (χ2n) is 13.9. The van der Waals surface area contributed by atoms with E-state index in [-0.39, 0.29) is 24.6 Å². The minimum atomic E-state index is -0.397. The average molecular weight is 660 g/mol. The number of aromatic nitrogens is 2.